The molecule has 92 valence electrons. The largest absolute Gasteiger partial charge is 0.506 e. The molecule has 1 aromatic carbocycles. The molecule has 0 spiro atoms. The van der Waals surface area contributed by atoms with E-state index >= 15 is 0 Å². The number of aromatic hydroxyl groups is 1. The zero-order valence-electron chi connectivity index (χ0n) is 8.61. The lowest BCUT2D eigenvalue weighted by Gasteiger charge is -2.36. The van der Waals surface area contributed by atoms with Crippen molar-refractivity contribution in [2.24, 2.45) is 0 Å². The van der Waals surface area contributed by atoms with Gasteiger partial charge in [0.1, 0.15) is 17.7 Å². The number of benzene rings is 1. The van der Waals surface area contributed by atoms with Crippen molar-refractivity contribution >= 4 is 16.6 Å². The number of hydrogen-bond donors (Lipinski definition) is 5. The molecule has 0 aromatic heterocycles. The summed E-state index contributed by atoms with van der Waals surface area (Å²) in [7, 11) is -3.34. The SMILES string of the molecule is N#Cc1ccc(N2CC(O)NS2(O)O)c(O)c1. The van der Waals surface area contributed by atoms with Crippen LogP contribution in [0.15, 0.2) is 18.2 Å². The van der Waals surface area contributed by atoms with Crippen LogP contribution in [0.1, 0.15) is 5.56 Å². The van der Waals surface area contributed by atoms with Crippen LogP contribution in [0.5, 0.6) is 5.75 Å². The van der Waals surface area contributed by atoms with Gasteiger partial charge in [-0.05, 0) is 18.2 Å². The normalized spacial score (nSPS) is 24.4. The molecule has 0 saturated carbocycles. The maximum atomic E-state index is 9.69. The van der Waals surface area contributed by atoms with Crippen molar-refractivity contribution in [1.29, 1.82) is 5.26 Å². The smallest absolute Gasteiger partial charge is 0.142 e. The summed E-state index contributed by atoms with van der Waals surface area (Å²) in [6.45, 7) is -0.0677. The van der Waals surface area contributed by atoms with Crippen LogP contribution < -0.4 is 9.03 Å². The van der Waals surface area contributed by atoms with Gasteiger partial charge >= 0.3 is 0 Å². The first kappa shape index (κ1) is 12.0. The van der Waals surface area contributed by atoms with Crippen molar-refractivity contribution in [3.8, 4) is 11.8 Å². The van der Waals surface area contributed by atoms with Gasteiger partial charge in [0.2, 0.25) is 0 Å². The number of nitrogens with zero attached hydrogens (tertiary/aromatic N) is 2. The average Bonchev–Trinajstić information content (AvgIpc) is 2.51. The van der Waals surface area contributed by atoms with Gasteiger partial charge < -0.3 is 10.2 Å². The number of rotatable bonds is 1. The highest BCUT2D eigenvalue weighted by atomic mass is 32.3. The number of hydrogen-bond acceptors (Lipinski definition) is 7. The van der Waals surface area contributed by atoms with E-state index in [1.807, 2.05) is 6.07 Å². The lowest BCUT2D eigenvalue weighted by Crippen LogP contribution is -2.25. The fourth-order valence-electron chi connectivity index (χ4n) is 1.58. The van der Waals surface area contributed by atoms with Gasteiger partial charge in [0, 0.05) is 0 Å². The van der Waals surface area contributed by atoms with Crippen molar-refractivity contribution in [3.05, 3.63) is 23.8 Å². The number of β-amino-alcohol motifs (C(OH)–C–C–N with tert-alkyl or cyclic N) is 1. The Morgan fingerprint density at radius 3 is 2.65 bits per heavy atom. The minimum absolute atomic E-state index is 0.0677. The minimum atomic E-state index is -3.34. The number of aliphatic hydroxyl groups excluding tert-OH is 1. The van der Waals surface area contributed by atoms with Crippen molar-refractivity contribution < 1.29 is 19.3 Å². The predicted octanol–water partition coefficient (Wildman–Crippen LogP) is 0.572. The van der Waals surface area contributed by atoms with Gasteiger partial charge in [-0.2, -0.15) is 9.98 Å². The van der Waals surface area contributed by atoms with E-state index < -0.39 is 17.2 Å². The Morgan fingerprint density at radius 2 is 2.18 bits per heavy atom. The molecule has 8 heteroatoms. The van der Waals surface area contributed by atoms with Gasteiger partial charge in [0.15, 0.2) is 0 Å². The van der Waals surface area contributed by atoms with E-state index in [1.54, 1.807) is 0 Å². The lowest BCUT2D eigenvalue weighted by atomic mass is 10.2. The summed E-state index contributed by atoms with van der Waals surface area (Å²) in [5.74, 6) is -0.250. The molecule has 1 aromatic rings. The first-order chi connectivity index (χ1) is 7.94. The lowest BCUT2D eigenvalue weighted by molar-refractivity contribution is 0.182. The van der Waals surface area contributed by atoms with Crippen molar-refractivity contribution in [2.45, 2.75) is 6.23 Å². The topological polar surface area (TPSA) is 120 Å². The Kier molecular flexibility index (Phi) is 2.86. The Labute approximate surface area is 99.1 Å². The molecule has 1 atom stereocenters. The van der Waals surface area contributed by atoms with Gasteiger partial charge in [0.25, 0.3) is 0 Å². The highest BCUT2D eigenvalue weighted by Gasteiger charge is 2.36. The minimum Gasteiger partial charge on any atom is -0.506 e. The van der Waals surface area contributed by atoms with Gasteiger partial charge in [-0.1, -0.05) is 11.0 Å². The van der Waals surface area contributed by atoms with Crippen LogP contribution in [0.2, 0.25) is 0 Å². The molecular formula is C9H11N3O4S. The van der Waals surface area contributed by atoms with Gasteiger partial charge in [-0.15, -0.1) is 0 Å². The van der Waals surface area contributed by atoms with Crippen LogP contribution in [0.3, 0.4) is 0 Å². The summed E-state index contributed by atoms with van der Waals surface area (Å²) in [5, 5.41) is 27.6. The standard InChI is InChI=1S/C9H11N3O4S/c10-4-6-1-2-7(8(13)3-6)12-5-9(14)11-17(12,15)16/h1-3,9,11,13-16H,5H2. The van der Waals surface area contributed by atoms with Crippen LogP contribution in [-0.2, 0) is 0 Å². The number of anilines is 1. The van der Waals surface area contributed by atoms with Crippen LogP contribution in [0.4, 0.5) is 5.69 Å². The fourth-order valence-corrected chi connectivity index (χ4v) is 2.93. The van der Waals surface area contributed by atoms with E-state index in [1.165, 1.54) is 18.2 Å². The fraction of sp³-hybridized carbons (Fsp3) is 0.222. The first-order valence-corrected chi connectivity index (χ1v) is 6.19. The third-order valence-electron chi connectivity index (χ3n) is 2.31. The number of phenolic OH excluding ortho intramolecular Hbond substituents is 1. The third kappa shape index (κ3) is 2.14. The first-order valence-electron chi connectivity index (χ1n) is 4.68. The Bertz CT molecular complexity index is 488. The van der Waals surface area contributed by atoms with E-state index in [0.717, 1.165) is 4.31 Å². The number of nitriles is 1. The number of nitrogens with one attached hydrogen (secondary N) is 1. The van der Waals surface area contributed by atoms with Crippen molar-refractivity contribution in [2.75, 3.05) is 10.8 Å². The molecule has 1 aliphatic heterocycles. The average molecular weight is 257 g/mol. The summed E-state index contributed by atoms with van der Waals surface area (Å²) in [6, 6.07) is 5.90. The molecule has 1 heterocycles. The van der Waals surface area contributed by atoms with E-state index in [0.29, 0.717) is 0 Å². The molecular weight excluding hydrogens is 246 g/mol. The molecule has 2 rings (SSSR count). The zero-order valence-corrected chi connectivity index (χ0v) is 9.42. The van der Waals surface area contributed by atoms with Crippen LogP contribution in [0.25, 0.3) is 0 Å². The maximum absolute atomic E-state index is 9.69. The van der Waals surface area contributed by atoms with Gasteiger partial charge in [-0.25, -0.2) is 0 Å². The Hall–Kier alpha value is -1.50. The quantitative estimate of drug-likeness (QED) is 0.499. The second kappa shape index (κ2) is 4.06. The van der Waals surface area contributed by atoms with E-state index in [-0.39, 0.29) is 23.5 Å². The molecule has 1 unspecified atom stereocenters. The van der Waals surface area contributed by atoms with E-state index in [9.17, 15) is 19.3 Å². The number of aliphatic hydroxyl groups is 1. The molecule has 0 amide bonds. The molecule has 1 aliphatic rings. The molecule has 7 nitrogen and oxygen atoms in total. The van der Waals surface area contributed by atoms with Gasteiger partial charge in [0.05, 0.1) is 18.2 Å². The highest BCUT2D eigenvalue weighted by Crippen LogP contribution is 2.49. The van der Waals surface area contributed by atoms with Crippen LogP contribution in [-0.4, -0.2) is 32.1 Å². The monoisotopic (exact) mass is 257 g/mol. The number of phenols is 1. The Morgan fingerprint density at radius 1 is 1.47 bits per heavy atom. The molecule has 17 heavy (non-hydrogen) atoms. The molecule has 0 bridgehead atoms. The van der Waals surface area contributed by atoms with Gasteiger partial charge in [-0.3, -0.25) is 13.4 Å². The summed E-state index contributed by atoms with van der Waals surface area (Å²) in [4.78, 5) is 0. The van der Waals surface area contributed by atoms with E-state index in [4.69, 9.17) is 5.26 Å². The van der Waals surface area contributed by atoms with E-state index in [2.05, 4.69) is 4.72 Å². The second-order valence-electron chi connectivity index (χ2n) is 3.53. The summed E-state index contributed by atoms with van der Waals surface area (Å²) in [6.07, 6.45) is -1.09. The summed E-state index contributed by atoms with van der Waals surface area (Å²) in [5.41, 5.74) is 0.406. The van der Waals surface area contributed by atoms with Crippen LogP contribution in [0, 0.1) is 11.3 Å². The van der Waals surface area contributed by atoms with Crippen molar-refractivity contribution in [3.63, 3.8) is 0 Å². The zero-order chi connectivity index (χ0) is 12.6. The third-order valence-corrected chi connectivity index (χ3v) is 3.86. The molecule has 5 N–H and O–H groups in total. The molecule has 1 fully saturated rings. The Balaban J connectivity index is 2.38. The maximum Gasteiger partial charge on any atom is 0.142 e. The summed E-state index contributed by atoms with van der Waals surface area (Å²) >= 11 is 0. The molecule has 1 saturated heterocycles. The van der Waals surface area contributed by atoms with Crippen LogP contribution >= 0.6 is 11.0 Å². The highest BCUT2D eigenvalue weighted by molar-refractivity contribution is 8.24. The predicted molar refractivity (Wildman–Crippen MR) is 62.2 cm³/mol. The summed E-state index contributed by atoms with van der Waals surface area (Å²) < 4.78 is 22.6. The second-order valence-corrected chi connectivity index (χ2v) is 5.24. The molecule has 0 aliphatic carbocycles. The van der Waals surface area contributed by atoms with Crippen molar-refractivity contribution in [1.82, 2.24) is 4.72 Å². The molecule has 0 radical (unpaired) electrons.